The molecule has 0 radical (unpaired) electrons. The average Bonchev–Trinajstić information content (AvgIpc) is 2.64. The van der Waals surface area contributed by atoms with Crippen molar-refractivity contribution in [2.45, 2.75) is 12.8 Å². The highest BCUT2D eigenvalue weighted by atomic mass is 32.2. The van der Waals surface area contributed by atoms with Gasteiger partial charge in [-0.25, -0.2) is 14.1 Å². The Hall–Kier alpha value is -2.45. The summed E-state index contributed by atoms with van der Waals surface area (Å²) < 4.78 is 30.5. The standard InChI is InChI=1S/C17H21N3O6S/c1-25-17(22)15-5-4-14(20-16(21)12-6-8-19-9-7-12)11-13(15)3-2-10-26-27(18,23)24/h4-5,11-12,19H,6-10H2,1H3,(H,20,21)(H2,18,23,24). The van der Waals surface area contributed by atoms with Crippen molar-refractivity contribution in [1.82, 2.24) is 5.32 Å². The lowest BCUT2D eigenvalue weighted by atomic mass is 9.97. The number of hydrogen-bond donors (Lipinski definition) is 3. The van der Waals surface area contributed by atoms with Crippen molar-refractivity contribution in [3.8, 4) is 11.8 Å². The molecule has 1 aliphatic rings. The monoisotopic (exact) mass is 395 g/mol. The first kappa shape index (κ1) is 20.9. The topological polar surface area (TPSA) is 137 Å². The molecule has 1 amide bonds. The summed E-state index contributed by atoms with van der Waals surface area (Å²) in [5.74, 6) is 4.31. The lowest BCUT2D eigenvalue weighted by Crippen LogP contribution is -2.34. The molecule has 1 fully saturated rings. The van der Waals surface area contributed by atoms with E-state index in [0.29, 0.717) is 5.69 Å². The zero-order chi connectivity index (χ0) is 19.9. The fourth-order valence-electron chi connectivity index (χ4n) is 2.58. The number of rotatable bonds is 5. The molecule has 146 valence electrons. The summed E-state index contributed by atoms with van der Waals surface area (Å²) in [6.07, 6.45) is 1.51. The maximum Gasteiger partial charge on any atom is 0.339 e. The minimum absolute atomic E-state index is 0.0794. The normalized spacial score (nSPS) is 14.7. The van der Waals surface area contributed by atoms with E-state index in [4.69, 9.17) is 9.88 Å². The highest BCUT2D eigenvalue weighted by Crippen LogP contribution is 2.19. The number of benzene rings is 1. The number of ether oxygens (including phenoxy) is 1. The summed E-state index contributed by atoms with van der Waals surface area (Å²) in [6.45, 7) is 1.12. The maximum absolute atomic E-state index is 12.4. The predicted molar refractivity (Wildman–Crippen MR) is 97.9 cm³/mol. The van der Waals surface area contributed by atoms with Gasteiger partial charge >= 0.3 is 16.3 Å². The Labute approximate surface area is 157 Å². The third-order valence-electron chi connectivity index (χ3n) is 3.92. The molecule has 0 spiro atoms. The van der Waals surface area contributed by atoms with Crippen molar-refractivity contribution >= 4 is 27.9 Å². The van der Waals surface area contributed by atoms with Crippen molar-refractivity contribution in [1.29, 1.82) is 0 Å². The van der Waals surface area contributed by atoms with E-state index in [1.807, 2.05) is 0 Å². The first-order valence-electron chi connectivity index (χ1n) is 8.20. The van der Waals surface area contributed by atoms with E-state index in [2.05, 4.69) is 26.7 Å². The van der Waals surface area contributed by atoms with Crippen molar-refractivity contribution in [2.75, 3.05) is 32.1 Å². The third kappa shape index (κ3) is 6.65. The van der Waals surface area contributed by atoms with Gasteiger partial charge in [-0.15, -0.1) is 0 Å². The molecule has 0 unspecified atom stereocenters. The molecule has 1 saturated heterocycles. The molecule has 0 bridgehead atoms. The van der Waals surface area contributed by atoms with Crippen LogP contribution in [-0.2, 0) is 24.0 Å². The van der Waals surface area contributed by atoms with E-state index in [9.17, 15) is 18.0 Å². The smallest absolute Gasteiger partial charge is 0.339 e. The van der Waals surface area contributed by atoms with Crippen LogP contribution in [0, 0.1) is 17.8 Å². The number of nitrogens with two attached hydrogens (primary N) is 1. The molecule has 1 aliphatic heterocycles. The second-order valence-corrected chi connectivity index (χ2v) is 7.04. The van der Waals surface area contributed by atoms with Crippen LogP contribution in [0.1, 0.15) is 28.8 Å². The lowest BCUT2D eigenvalue weighted by Gasteiger charge is -2.21. The molecule has 1 aromatic carbocycles. The van der Waals surface area contributed by atoms with E-state index in [0.717, 1.165) is 25.9 Å². The Bertz CT molecular complexity index is 866. The first-order valence-corrected chi connectivity index (χ1v) is 9.67. The zero-order valence-corrected chi connectivity index (χ0v) is 15.6. The van der Waals surface area contributed by atoms with Gasteiger partial charge in [0.15, 0.2) is 0 Å². The third-order valence-corrected chi connectivity index (χ3v) is 4.37. The summed E-state index contributed by atoms with van der Waals surface area (Å²) in [4.78, 5) is 24.2. The molecule has 1 heterocycles. The Morgan fingerprint density at radius 1 is 1.33 bits per heavy atom. The number of piperidine rings is 1. The van der Waals surface area contributed by atoms with Gasteiger partial charge in [0.2, 0.25) is 5.91 Å². The molecule has 4 N–H and O–H groups in total. The predicted octanol–water partition coefficient (Wildman–Crippen LogP) is -0.0171. The summed E-state index contributed by atoms with van der Waals surface area (Å²) in [6, 6.07) is 4.58. The fourth-order valence-corrected chi connectivity index (χ4v) is 2.81. The molecule has 0 saturated carbocycles. The zero-order valence-electron chi connectivity index (χ0n) is 14.8. The SMILES string of the molecule is COC(=O)c1ccc(NC(=O)C2CCNCC2)cc1C#CCOS(N)(=O)=O. The van der Waals surface area contributed by atoms with Crippen LogP contribution in [0.25, 0.3) is 0 Å². The number of esters is 1. The Balaban J connectivity index is 2.18. The van der Waals surface area contributed by atoms with Crippen molar-refractivity contribution in [2.24, 2.45) is 11.1 Å². The van der Waals surface area contributed by atoms with Crippen molar-refractivity contribution in [3.63, 3.8) is 0 Å². The average molecular weight is 395 g/mol. The largest absolute Gasteiger partial charge is 0.465 e. The number of nitrogens with one attached hydrogen (secondary N) is 2. The van der Waals surface area contributed by atoms with Crippen molar-refractivity contribution < 1.29 is 26.9 Å². The summed E-state index contributed by atoms with van der Waals surface area (Å²) in [5, 5.41) is 10.7. The number of methoxy groups -OCH3 is 1. The highest BCUT2D eigenvalue weighted by molar-refractivity contribution is 7.84. The molecular weight excluding hydrogens is 374 g/mol. The summed E-state index contributed by atoms with van der Waals surface area (Å²) in [7, 11) is -2.87. The van der Waals surface area contributed by atoms with Crippen LogP contribution >= 0.6 is 0 Å². The number of anilines is 1. The van der Waals surface area contributed by atoms with Crippen LogP contribution in [0.2, 0.25) is 0 Å². The quantitative estimate of drug-likeness (QED) is 0.471. The van der Waals surface area contributed by atoms with Crippen LogP contribution < -0.4 is 15.8 Å². The van der Waals surface area contributed by atoms with E-state index in [1.165, 1.54) is 19.2 Å². The first-order chi connectivity index (χ1) is 12.8. The number of carbonyl (C=O) groups excluding carboxylic acids is 2. The van der Waals surface area contributed by atoms with Crippen LogP contribution in [0.5, 0.6) is 0 Å². The van der Waals surface area contributed by atoms with Gasteiger partial charge in [0.05, 0.1) is 12.7 Å². The van der Waals surface area contributed by atoms with Crippen LogP contribution in [-0.4, -0.2) is 47.1 Å². The molecule has 2 rings (SSSR count). The van der Waals surface area contributed by atoms with Gasteiger partial charge in [0.1, 0.15) is 6.61 Å². The molecule has 0 aromatic heterocycles. The van der Waals surface area contributed by atoms with E-state index in [-0.39, 0.29) is 23.0 Å². The fraction of sp³-hybridized carbons (Fsp3) is 0.412. The van der Waals surface area contributed by atoms with Gasteiger partial charge in [-0.05, 0) is 44.1 Å². The van der Waals surface area contributed by atoms with Gasteiger partial charge in [0.25, 0.3) is 0 Å². The molecule has 0 atom stereocenters. The Morgan fingerprint density at radius 2 is 2.04 bits per heavy atom. The van der Waals surface area contributed by atoms with Crippen molar-refractivity contribution in [3.05, 3.63) is 29.3 Å². The van der Waals surface area contributed by atoms with Crippen LogP contribution in [0.4, 0.5) is 5.69 Å². The molecular formula is C17H21N3O6S. The molecule has 27 heavy (non-hydrogen) atoms. The van der Waals surface area contributed by atoms with Gasteiger partial charge < -0.3 is 15.4 Å². The summed E-state index contributed by atoms with van der Waals surface area (Å²) >= 11 is 0. The second-order valence-electron chi connectivity index (χ2n) is 5.82. The Morgan fingerprint density at radius 3 is 2.67 bits per heavy atom. The van der Waals surface area contributed by atoms with E-state index in [1.54, 1.807) is 6.07 Å². The van der Waals surface area contributed by atoms with E-state index >= 15 is 0 Å². The van der Waals surface area contributed by atoms with Gasteiger partial charge in [0, 0.05) is 17.2 Å². The van der Waals surface area contributed by atoms with Gasteiger partial charge in [-0.1, -0.05) is 11.8 Å². The minimum Gasteiger partial charge on any atom is -0.465 e. The molecule has 1 aromatic rings. The number of carbonyl (C=O) groups is 2. The minimum atomic E-state index is -4.10. The van der Waals surface area contributed by atoms with Gasteiger partial charge in [-0.2, -0.15) is 8.42 Å². The second kappa shape index (κ2) is 9.48. The summed E-state index contributed by atoms with van der Waals surface area (Å²) in [5.41, 5.74) is 0.923. The number of amides is 1. The lowest BCUT2D eigenvalue weighted by molar-refractivity contribution is -0.120. The molecule has 9 nitrogen and oxygen atoms in total. The van der Waals surface area contributed by atoms with Crippen LogP contribution in [0.3, 0.4) is 0 Å². The maximum atomic E-state index is 12.4. The van der Waals surface area contributed by atoms with Crippen LogP contribution in [0.15, 0.2) is 18.2 Å². The highest BCUT2D eigenvalue weighted by Gasteiger charge is 2.21. The van der Waals surface area contributed by atoms with E-state index < -0.39 is 22.9 Å². The number of hydrogen-bond acceptors (Lipinski definition) is 7. The molecule has 10 heteroatoms. The molecule has 0 aliphatic carbocycles. The Kier molecular flexibility index (Phi) is 7.32. The van der Waals surface area contributed by atoms with Gasteiger partial charge in [-0.3, -0.25) is 4.79 Å².